The average Bonchev–Trinajstić information content (AvgIpc) is 3.14. The maximum Gasteiger partial charge on any atom is 0.277 e. The van der Waals surface area contributed by atoms with E-state index in [1.165, 1.54) is 11.3 Å². The fraction of sp³-hybridized carbons (Fsp3) is 0.333. The van der Waals surface area contributed by atoms with Crippen molar-refractivity contribution in [1.82, 2.24) is 4.31 Å². The topological polar surface area (TPSA) is 122 Å². The van der Waals surface area contributed by atoms with Gasteiger partial charge in [0, 0.05) is 22.1 Å². The molecular formula is C18H19ClN4O4S2. The van der Waals surface area contributed by atoms with Crippen LogP contribution >= 0.6 is 22.9 Å². The molecule has 1 saturated heterocycles. The summed E-state index contributed by atoms with van der Waals surface area (Å²) in [7, 11) is -3.93. The second-order valence-electron chi connectivity index (χ2n) is 6.97. The van der Waals surface area contributed by atoms with E-state index in [1.807, 2.05) is 0 Å². The number of hydrogen-bond acceptors (Lipinski definition) is 5. The number of rotatable bonds is 5. The van der Waals surface area contributed by atoms with Crippen LogP contribution in [0.2, 0.25) is 5.02 Å². The second kappa shape index (κ2) is 7.69. The van der Waals surface area contributed by atoms with E-state index < -0.39 is 22.2 Å². The summed E-state index contributed by atoms with van der Waals surface area (Å²) in [4.78, 5) is 26.7. The standard InChI is InChI=1S/C18H19ClN4O4S2/c19-10-4-6-11(7-5-10)21-17(25)15-12-2-1-3-14(12)28-18(15)22-16(24)13-8-9-23(13)29(20,26)27/h4-7,13H,1-3,8-9H2,(H,21,25)(H,22,24)(H2,20,26,27). The molecule has 8 nitrogen and oxygen atoms in total. The first-order valence-corrected chi connectivity index (χ1v) is 11.8. The minimum atomic E-state index is -3.93. The molecule has 1 aliphatic carbocycles. The lowest BCUT2D eigenvalue weighted by Gasteiger charge is -2.36. The summed E-state index contributed by atoms with van der Waals surface area (Å²) in [5, 5.41) is 11.7. The van der Waals surface area contributed by atoms with Crippen molar-refractivity contribution in [3.05, 3.63) is 45.3 Å². The van der Waals surface area contributed by atoms with Gasteiger partial charge in [0.25, 0.3) is 16.1 Å². The van der Waals surface area contributed by atoms with E-state index in [1.54, 1.807) is 24.3 Å². The molecule has 2 aromatic rings. The number of nitrogens with two attached hydrogens (primary N) is 1. The molecule has 1 aromatic carbocycles. The molecule has 11 heteroatoms. The molecule has 2 amide bonds. The molecule has 4 rings (SSSR count). The van der Waals surface area contributed by atoms with Crippen LogP contribution in [0.15, 0.2) is 24.3 Å². The van der Waals surface area contributed by atoms with E-state index in [0.29, 0.717) is 27.7 Å². The van der Waals surface area contributed by atoms with Crippen LogP contribution in [-0.2, 0) is 27.8 Å². The maximum absolute atomic E-state index is 13.0. The highest BCUT2D eigenvalue weighted by Gasteiger charge is 2.41. The molecule has 0 bridgehead atoms. The molecule has 29 heavy (non-hydrogen) atoms. The van der Waals surface area contributed by atoms with Crippen molar-refractivity contribution in [3.63, 3.8) is 0 Å². The van der Waals surface area contributed by atoms with Gasteiger partial charge in [-0.3, -0.25) is 9.59 Å². The van der Waals surface area contributed by atoms with E-state index in [0.717, 1.165) is 34.0 Å². The molecule has 4 N–H and O–H groups in total. The Labute approximate surface area is 177 Å². The van der Waals surface area contributed by atoms with Crippen LogP contribution in [0.5, 0.6) is 0 Å². The third-order valence-electron chi connectivity index (χ3n) is 5.09. The third kappa shape index (κ3) is 4.03. The second-order valence-corrected chi connectivity index (χ2v) is 10.0. The number of carbonyl (C=O) groups excluding carboxylic acids is 2. The molecule has 0 saturated carbocycles. The zero-order valence-corrected chi connectivity index (χ0v) is 17.7. The van der Waals surface area contributed by atoms with E-state index in [-0.39, 0.29) is 12.5 Å². The number of nitrogens with zero attached hydrogens (tertiary/aromatic N) is 1. The number of thiophene rings is 1. The average molecular weight is 455 g/mol. The van der Waals surface area contributed by atoms with Crippen molar-refractivity contribution in [1.29, 1.82) is 0 Å². The lowest BCUT2D eigenvalue weighted by molar-refractivity contribution is -0.122. The lowest BCUT2D eigenvalue weighted by atomic mass is 10.1. The van der Waals surface area contributed by atoms with Gasteiger partial charge in [-0.05, 0) is 55.5 Å². The summed E-state index contributed by atoms with van der Waals surface area (Å²) in [5.41, 5.74) is 1.97. The van der Waals surface area contributed by atoms with Gasteiger partial charge in [0.2, 0.25) is 5.91 Å². The van der Waals surface area contributed by atoms with Gasteiger partial charge in [-0.2, -0.15) is 12.7 Å². The fourth-order valence-corrected chi connectivity index (χ4v) is 5.92. The number of nitrogens with one attached hydrogen (secondary N) is 2. The van der Waals surface area contributed by atoms with Crippen LogP contribution in [0.3, 0.4) is 0 Å². The summed E-state index contributed by atoms with van der Waals surface area (Å²) >= 11 is 7.25. The van der Waals surface area contributed by atoms with Crippen molar-refractivity contribution < 1.29 is 18.0 Å². The summed E-state index contributed by atoms with van der Waals surface area (Å²) < 4.78 is 24.1. The lowest BCUT2D eigenvalue weighted by Crippen LogP contribution is -2.58. The van der Waals surface area contributed by atoms with Crippen LogP contribution in [0, 0.1) is 0 Å². The monoisotopic (exact) mass is 454 g/mol. The minimum absolute atomic E-state index is 0.210. The number of amides is 2. The number of anilines is 2. The zero-order chi connectivity index (χ0) is 20.8. The van der Waals surface area contributed by atoms with Crippen molar-refractivity contribution in [2.75, 3.05) is 17.2 Å². The Kier molecular flexibility index (Phi) is 5.38. The van der Waals surface area contributed by atoms with Gasteiger partial charge in [-0.25, -0.2) is 5.14 Å². The van der Waals surface area contributed by atoms with Gasteiger partial charge in [0.1, 0.15) is 11.0 Å². The highest BCUT2D eigenvalue weighted by Crippen LogP contribution is 2.40. The Morgan fingerprint density at radius 1 is 1.17 bits per heavy atom. The first kappa shape index (κ1) is 20.3. The van der Waals surface area contributed by atoms with Crippen molar-refractivity contribution in [2.24, 2.45) is 5.14 Å². The number of fused-ring (bicyclic) bond motifs is 1. The summed E-state index contributed by atoms with van der Waals surface area (Å²) in [6.07, 6.45) is 2.96. The predicted molar refractivity (Wildman–Crippen MR) is 113 cm³/mol. The molecule has 2 heterocycles. The van der Waals surface area contributed by atoms with Crippen LogP contribution in [-0.4, -0.2) is 37.1 Å². The fourth-order valence-electron chi connectivity index (χ4n) is 3.58. The quantitative estimate of drug-likeness (QED) is 0.641. The summed E-state index contributed by atoms with van der Waals surface area (Å²) in [6, 6.07) is 5.90. The predicted octanol–water partition coefficient (Wildman–Crippen LogP) is 2.36. The Hall–Kier alpha value is -1.98. The molecule has 1 fully saturated rings. The number of hydrogen-bond donors (Lipinski definition) is 3. The van der Waals surface area contributed by atoms with Crippen molar-refractivity contribution >= 4 is 55.6 Å². The molecule has 0 spiro atoms. The van der Waals surface area contributed by atoms with E-state index >= 15 is 0 Å². The minimum Gasteiger partial charge on any atom is -0.322 e. The number of aryl methyl sites for hydroxylation is 1. The van der Waals surface area contributed by atoms with Gasteiger partial charge in [0.05, 0.1) is 5.56 Å². The SMILES string of the molecule is NS(=O)(=O)N1CCC1C(=O)Nc1sc2c(c1C(=O)Nc1ccc(Cl)cc1)CCC2. The van der Waals surface area contributed by atoms with Crippen LogP contribution in [0.4, 0.5) is 10.7 Å². The maximum atomic E-state index is 13.0. The Morgan fingerprint density at radius 3 is 2.52 bits per heavy atom. The number of carbonyl (C=O) groups is 2. The van der Waals surface area contributed by atoms with E-state index in [2.05, 4.69) is 10.6 Å². The highest BCUT2D eigenvalue weighted by atomic mass is 35.5. The van der Waals surface area contributed by atoms with Gasteiger partial charge in [0.15, 0.2) is 0 Å². The number of halogens is 1. The molecule has 1 unspecified atom stereocenters. The molecule has 2 aliphatic rings. The Bertz CT molecular complexity index is 1080. The smallest absolute Gasteiger partial charge is 0.277 e. The molecule has 1 aliphatic heterocycles. The zero-order valence-electron chi connectivity index (χ0n) is 15.3. The van der Waals surface area contributed by atoms with E-state index in [9.17, 15) is 18.0 Å². The molecule has 1 atom stereocenters. The van der Waals surface area contributed by atoms with Gasteiger partial charge >= 0.3 is 0 Å². The van der Waals surface area contributed by atoms with Crippen LogP contribution < -0.4 is 15.8 Å². The number of benzene rings is 1. The third-order valence-corrected chi connectivity index (χ3v) is 7.64. The van der Waals surface area contributed by atoms with Crippen molar-refractivity contribution in [3.8, 4) is 0 Å². The molecule has 154 valence electrons. The Balaban J connectivity index is 1.57. The first-order chi connectivity index (χ1) is 13.7. The van der Waals surface area contributed by atoms with Crippen LogP contribution in [0.1, 0.15) is 33.6 Å². The van der Waals surface area contributed by atoms with Gasteiger partial charge in [-0.15, -0.1) is 11.3 Å². The summed E-state index contributed by atoms with van der Waals surface area (Å²) in [6.45, 7) is 0.210. The van der Waals surface area contributed by atoms with Crippen molar-refractivity contribution in [2.45, 2.75) is 31.7 Å². The molecular weight excluding hydrogens is 436 g/mol. The van der Waals surface area contributed by atoms with Crippen LogP contribution in [0.25, 0.3) is 0 Å². The summed E-state index contributed by atoms with van der Waals surface area (Å²) in [5.74, 6) is -0.801. The van der Waals surface area contributed by atoms with E-state index in [4.69, 9.17) is 16.7 Å². The molecule has 0 radical (unpaired) electrons. The first-order valence-electron chi connectivity index (χ1n) is 9.06. The highest BCUT2D eigenvalue weighted by molar-refractivity contribution is 7.86. The Morgan fingerprint density at radius 2 is 1.90 bits per heavy atom. The van der Waals surface area contributed by atoms with Gasteiger partial charge in [-0.1, -0.05) is 11.6 Å². The largest absolute Gasteiger partial charge is 0.322 e. The molecule has 1 aromatic heterocycles. The normalized spacial score (nSPS) is 18.8. The van der Waals surface area contributed by atoms with Gasteiger partial charge < -0.3 is 10.6 Å².